The van der Waals surface area contributed by atoms with Crippen molar-refractivity contribution in [3.63, 3.8) is 0 Å². The maximum atomic E-state index is 10.6. The molecular formula is C19H23N3O3. The van der Waals surface area contributed by atoms with Crippen LogP contribution < -0.4 is 20.6 Å². The van der Waals surface area contributed by atoms with Gasteiger partial charge in [-0.05, 0) is 49.2 Å². The number of carbonyl (C=O) groups is 1. The number of carbonyl (C=O) groups excluding carboxylic acids is 1. The van der Waals surface area contributed by atoms with Gasteiger partial charge >= 0.3 is 6.03 Å². The van der Waals surface area contributed by atoms with E-state index in [1.165, 1.54) is 17.3 Å². The molecule has 0 fully saturated rings. The molecule has 3 N–H and O–H groups in total. The van der Waals surface area contributed by atoms with E-state index in [1.807, 2.05) is 36.4 Å². The smallest absolute Gasteiger partial charge is 0.332 e. The van der Waals surface area contributed by atoms with Gasteiger partial charge in [0.25, 0.3) is 0 Å². The van der Waals surface area contributed by atoms with Crippen LogP contribution in [-0.2, 0) is 0 Å². The summed E-state index contributed by atoms with van der Waals surface area (Å²) in [6.07, 6.45) is 2.24. The molecule has 6 nitrogen and oxygen atoms in total. The predicted octanol–water partition coefficient (Wildman–Crippen LogP) is 3.15. The van der Waals surface area contributed by atoms with Gasteiger partial charge in [-0.3, -0.25) is 0 Å². The van der Waals surface area contributed by atoms with Crippen molar-refractivity contribution in [3.8, 4) is 11.5 Å². The van der Waals surface area contributed by atoms with Crippen LogP contribution in [0.15, 0.2) is 47.6 Å². The zero-order valence-electron chi connectivity index (χ0n) is 14.5. The summed E-state index contributed by atoms with van der Waals surface area (Å²) in [6.45, 7) is 5.18. The number of primary amides is 1. The zero-order chi connectivity index (χ0) is 18.1. The molecule has 0 aliphatic rings. The van der Waals surface area contributed by atoms with Crippen LogP contribution in [0.5, 0.6) is 11.5 Å². The maximum Gasteiger partial charge on any atom is 0.332 e. The monoisotopic (exact) mass is 341 g/mol. The summed E-state index contributed by atoms with van der Waals surface area (Å²) in [7, 11) is 0. The zero-order valence-corrected chi connectivity index (χ0v) is 14.5. The number of amides is 2. The van der Waals surface area contributed by atoms with Crippen molar-refractivity contribution in [2.45, 2.75) is 20.3 Å². The van der Waals surface area contributed by atoms with E-state index in [9.17, 15) is 4.79 Å². The minimum Gasteiger partial charge on any atom is -0.493 e. The average Bonchev–Trinajstić information content (AvgIpc) is 2.54. The van der Waals surface area contributed by atoms with Crippen LogP contribution in [0.4, 0.5) is 4.79 Å². The normalized spacial score (nSPS) is 10.6. The molecule has 0 aliphatic heterocycles. The molecule has 0 atom stereocenters. The van der Waals surface area contributed by atoms with Gasteiger partial charge in [-0.15, -0.1) is 0 Å². The molecule has 2 aromatic carbocycles. The fourth-order valence-corrected chi connectivity index (χ4v) is 2.33. The Hall–Kier alpha value is -3.02. The SMILES string of the molecule is Cc1cc(C)cc(OCCCOc2ccccc2/C=N/NC(N)=O)c1. The number of hydrogen-bond donors (Lipinski definition) is 2. The summed E-state index contributed by atoms with van der Waals surface area (Å²) < 4.78 is 11.5. The molecular weight excluding hydrogens is 318 g/mol. The third kappa shape index (κ3) is 6.55. The first-order valence-electron chi connectivity index (χ1n) is 8.06. The highest BCUT2D eigenvalue weighted by Crippen LogP contribution is 2.17. The highest BCUT2D eigenvalue weighted by molar-refractivity contribution is 5.84. The van der Waals surface area contributed by atoms with Crippen molar-refractivity contribution >= 4 is 12.2 Å². The number of nitrogens with two attached hydrogens (primary N) is 1. The number of hydrogen-bond acceptors (Lipinski definition) is 4. The molecule has 2 rings (SSSR count). The van der Waals surface area contributed by atoms with Crippen LogP contribution in [0.3, 0.4) is 0 Å². The first-order valence-corrected chi connectivity index (χ1v) is 8.06. The largest absolute Gasteiger partial charge is 0.493 e. The predicted molar refractivity (Wildman–Crippen MR) is 98.3 cm³/mol. The number of aryl methyl sites for hydroxylation is 2. The van der Waals surface area contributed by atoms with Gasteiger partial charge in [-0.25, -0.2) is 10.2 Å². The first kappa shape index (κ1) is 18.3. The summed E-state index contributed by atoms with van der Waals surface area (Å²) in [5.74, 6) is 1.56. The Balaban J connectivity index is 1.79. The molecule has 6 heteroatoms. The summed E-state index contributed by atoms with van der Waals surface area (Å²) in [6, 6.07) is 12.9. The van der Waals surface area contributed by atoms with Gasteiger partial charge in [0.2, 0.25) is 0 Å². The van der Waals surface area contributed by atoms with E-state index in [0.29, 0.717) is 19.0 Å². The van der Waals surface area contributed by atoms with E-state index in [1.54, 1.807) is 0 Å². The van der Waals surface area contributed by atoms with Crippen molar-refractivity contribution in [1.29, 1.82) is 0 Å². The molecule has 0 saturated heterocycles. The van der Waals surface area contributed by atoms with Gasteiger partial charge < -0.3 is 15.2 Å². The minimum atomic E-state index is -0.710. The fourth-order valence-electron chi connectivity index (χ4n) is 2.33. The Bertz CT molecular complexity index is 724. The number of hydrazone groups is 1. The summed E-state index contributed by atoms with van der Waals surface area (Å²) in [4.78, 5) is 10.6. The highest BCUT2D eigenvalue weighted by Gasteiger charge is 2.01. The van der Waals surface area contributed by atoms with Crippen LogP contribution in [0.25, 0.3) is 0 Å². The number of para-hydroxylation sites is 1. The Kier molecular flexibility index (Phi) is 6.83. The maximum absolute atomic E-state index is 10.6. The lowest BCUT2D eigenvalue weighted by Crippen LogP contribution is -2.24. The Labute approximate surface area is 147 Å². The molecule has 0 bridgehead atoms. The van der Waals surface area contributed by atoms with E-state index < -0.39 is 6.03 Å². The van der Waals surface area contributed by atoms with Crippen molar-refractivity contribution < 1.29 is 14.3 Å². The summed E-state index contributed by atoms with van der Waals surface area (Å²) in [5.41, 5.74) is 10.2. The van der Waals surface area contributed by atoms with Crippen molar-refractivity contribution in [1.82, 2.24) is 5.43 Å². The van der Waals surface area contributed by atoms with E-state index in [4.69, 9.17) is 15.2 Å². The Morgan fingerprint density at radius 2 is 1.80 bits per heavy atom. The second-order valence-corrected chi connectivity index (χ2v) is 5.65. The molecule has 0 aliphatic carbocycles. The van der Waals surface area contributed by atoms with Gasteiger partial charge in [0, 0.05) is 12.0 Å². The third-order valence-electron chi connectivity index (χ3n) is 3.31. The van der Waals surface area contributed by atoms with Gasteiger partial charge in [0.1, 0.15) is 11.5 Å². The molecule has 0 radical (unpaired) electrons. The highest BCUT2D eigenvalue weighted by atomic mass is 16.5. The number of benzene rings is 2. The number of nitrogens with one attached hydrogen (secondary N) is 1. The van der Waals surface area contributed by atoms with Crippen LogP contribution in [-0.4, -0.2) is 25.5 Å². The molecule has 2 amide bonds. The Morgan fingerprint density at radius 3 is 2.52 bits per heavy atom. The third-order valence-corrected chi connectivity index (χ3v) is 3.31. The lowest BCUT2D eigenvalue weighted by atomic mass is 10.1. The lowest BCUT2D eigenvalue weighted by molar-refractivity contribution is 0.247. The number of nitrogens with zero attached hydrogens (tertiary/aromatic N) is 1. The average molecular weight is 341 g/mol. The number of rotatable bonds is 8. The van der Waals surface area contributed by atoms with Crippen LogP contribution in [0.2, 0.25) is 0 Å². The molecule has 132 valence electrons. The molecule has 0 heterocycles. The second kappa shape index (κ2) is 9.32. The minimum absolute atomic E-state index is 0.513. The molecule has 0 aromatic heterocycles. The van der Waals surface area contributed by atoms with Crippen molar-refractivity contribution in [2.75, 3.05) is 13.2 Å². The summed E-state index contributed by atoms with van der Waals surface area (Å²) in [5, 5.41) is 3.75. The standard InChI is InChI=1S/C19H23N3O3/c1-14-10-15(2)12-17(11-14)24-8-5-9-25-18-7-4-3-6-16(18)13-21-22-19(20)23/h3-4,6-7,10-13H,5,8-9H2,1-2H3,(H3,20,22,23)/b21-13+. The van der Waals surface area contributed by atoms with Crippen molar-refractivity contribution in [3.05, 3.63) is 59.2 Å². The van der Waals surface area contributed by atoms with Crippen LogP contribution in [0, 0.1) is 13.8 Å². The topological polar surface area (TPSA) is 85.9 Å². The number of urea groups is 1. The van der Waals surface area contributed by atoms with E-state index in [2.05, 4.69) is 30.4 Å². The molecule has 0 unspecified atom stereocenters. The van der Waals surface area contributed by atoms with Crippen molar-refractivity contribution in [2.24, 2.45) is 10.8 Å². The van der Waals surface area contributed by atoms with E-state index in [0.717, 1.165) is 17.7 Å². The lowest BCUT2D eigenvalue weighted by Gasteiger charge is -2.10. The molecule has 2 aromatic rings. The molecule has 0 saturated carbocycles. The number of ether oxygens (including phenoxy) is 2. The second-order valence-electron chi connectivity index (χ2n) is 5.65. The van der Waals surface area contributed by atoms with Gasteiger partial charge in [0.05, 0.1) is 19.4 Å². The fraction of sp³-hybridized carbons (Fsp3) is 0.263. The first-order chi connectivity index (χ1) is 12.0. The van der Waals surface area contributed by atoms with Crippen LogP contribution >= 0.6 is 0 Å². The van der Waals surface area contributed by atoms with Gasteiger partial charge in [-0.2, -0.15) is 5.10 Å². The van der Waals surface area contributed by atoms with Gasteiger partial charge in [0.15, 0.2) is 0 Å². The molecule has 0 spiro atoms. The molecule has 25 heavy (non-hydrogen) atoms. The summed E-state index contributed by atoms with van der Waals surface area (Å²) >= 11 is 0. The quantitative estimate of drug-likeness (QED) is 0.439. The van der Waals surface area contributed by atoms with Gasteiger partial charge in [-0.1, -0.05) is 18.2 Å². The van der Waals surface area contributed by atoms with E-state index >= 15 is 0 Å². The van der Waals surface area contributed by atoms with Crippen LogP contribution in [0.1, 0.15) is 23.1 Å². The Morgan fingerprint density at radius 1 is 1.12 bits per heavy atom. The van der Waals surface area contributed by atoms with E-state index in [-0.39, 0.29) is 0 Å².